The fourth-order valence-electron chi connectivity index (χ4n) is 1.20. The maximum atomic E-state index is 5.32. The van der Waals surface area contributed by atoms with Crippen LogP contribution in [0.4, 0.5) is 0 Å². The van der Waals surface area contributed by atoms with Gasteiger partial charge in [0.15, 0.2) is 6.39 Å². The molecule has 0 saturated heterocycles. The van der Waals surface area contributed by atoms with Gasteiger partial charge in [0.2, 0.25) is 0 Å². The molecule has 1 heterocycles. The van der Waals surface area contributed by atoms with E-state index >= 15 is 0 Å². The number of thioether (sulfide) groups is 1. The standard InChI is InChI=1S/C8H11NOS/c1-11-4-7-8(6-2-3-6)10-5-9-7/h5-6H,2-4H2,1H3. The molecule has 0 atom stereocenters. The third kappa shape index (κ3) is 1.43. The smallest absolute Gasteiger partial charge is 0.181 e. The van der Waals surface area contributed by atoms with E-state index in [-0.39, 0.29) is 0 Å². The first-order chi connectivity index (χ1) is 5.42. The highest BCUT2D eigenvalue weighted by Crippen LogP contribution is 2.41. The molecule has 0 bridgehead atoms. The van der Waals surface area contributed by atoms with Crippen molar-refractivity contribution in [3.63, 3.8) is 0 Å². The maximum absolute atomic E-state index is 5.32. The molecule has 1 aromatic heterocycles. The number of rotatable bonds is 3. The van der Waals surface area contributed by atoms with Gasteiger partial charge in [-0.3, -0.25) is 0 Å². The van der Waals surface area contributed by atoms with Crippen LogP contribution in [0.15, 0.2) is 10.8 Å². The van der Waals surface area contributed by atoms with Crippen molar-refractivity contribution in [1.82, 2.24) is 4.98 Å². The number of hydrogen-bond donors (Lipinski definition) is 0. The minimum atomic E-state index is 0.694. The predicted octanol–water partition coefficient (Wildman–Crippen LogP) is 2.42. The van der Waals surface area contributed by atoms with Crippen LogP contribution in [0, 0.1) is 0 Å². The van der Waals surface area contributed by atoms with Crippen LogP contribution < -0.4 is 0 Å². The lowest BCUT2D eigenvalue weighted by Gasteiger charge is -1.94. The van der Waals surface area contributed by atoms with Crippen molar-refractivity contribution >= 4 is 11.8 Å². The van der Waals surface area contributed by atoms with Crippen LogP contribution in [0.5, 0.6) is 0 Å². The molecule has 1 saturated carbocycles. The zero-order valence-corrected chi connectivity index (χ0v) is 7.36. The molecule has 2 nitrogen and oxygen atoms in total. The lowest BCUT2D eigenvalue weighted by Crippen LogP contribution is -1.85. The van der Waals surface area contributed by atoms with E-state index in [9.17, 15) is 0 Å². The lowest BCUT2D eigenvalue weighted by molar-refractivity contribution is 0.504. The molecule has 1 aliphatic rings. The van der Waals surface area contributed by atoms with E-state index in [1.165, 1.54) is 12.8 Å². The quantitative estimate of drug-likeness (QED) is 0.695. The largest absolute Gasteiger partial charge is 0.448 e. The molecule has 1 aliphatic carbocycles. The first-order valence-electron chi connectivity index (χ1n) is 3.83. The van der Waals surface area contributed by atoms with Gasteiger partial charge in [-0.15, -0.1) is 0 Å². The summed E-state index contributed by atoms with van der Waals surface area (Å²) in [5.41, 5.74) is 1.15. The van der Waals surface area contributed by atoms with Gasteiger partial charge in [0.25, 0.3) is 0 Å². The van der Waals surface area contributed by atoms with E-state index < -0.39 is 0 Å². The van der Waals surface area contributed by atoms with Crippen LogP contribution in [-0.4, -0.2) is 11.2 Å². The molecule has 0 aromatic carbocycles. The summed E-state index contributed by atoms with van der Waals surface area (Å²) < 4.78 is 5.32. The summed E-state index contributed by atoms with van der Waals surface area (Å²) in [5.74, 6) is 2.82. The molecule has 1 aromatic rings. The highest BCUT2D eigenvalue weighted by molar-refractivity contribution is 7.97. The molecule has 0 aliphatic heterocycles. The van der Waals surface area contributed by atoms with Crippen LogP contribution in [0.1, 0.15) is 30.2 Å². The molecular formula is C8H11NOS. The second-order valence-electron chi connectivity index (χ2n) is 2.87. The summed E-state index contributed by atoms with van der Waals surface area (Å²) in [6.07, 6.45) is 6.23. The summed E-state index contributed by atoms with van der Waals surface area (Å²) in [6.45, 7) is 0. The van der Waals surface area contributed by atoms with E-state index in [4.69, 9.17) is 4.42 Å². The van der Waals surface area contributed by atoms with E-state index in [1.807, 2.05) is 0 Å². The Morgan fingerprint density at radius 3 is 3.18 bits per heavy atom. The Morgan fingerprint density at radius 2 is 2.55 bits per heavy atom. The fraction of sp³-hybridized carbons (Fsp3) is 0.625. The third-order valence-electron chi connectivity index (χ3n) is 1.90. The molecule has 1 fully saturated rings. The second kappa shape index (κ2) is 2.89. The van der Waals surface area contributed by atoms with Gasteiger partial charge in [-0.2, -0.15) is 11.8 Å². The van der Waals surface area contributed by atoms with Crippen LogP contribution in [0.3, 0.4) is 0 Å². The molecule has 0 unspecified atom stereocenters. The summed E-state index contributed by atoms with van der Waals surface area (Å²) in [5, 5.41) is 0. The van der Waals surface area contributed by atoms with Crippen LogP contribution >= 0.6 is 11.8 Å². The number of nitrogens with zero attached hydrogens (tertiary/aromatic N) is 1. The van der Waals surface area contributed by atoms with E-state index in [0.717, 1.165) is 17.2 Å². The molecule has 11 heavy (non-hydrogen) atoms. The first-order valence-corrected chi connectivity index (χ1v) is 5.22. The first kappa shape index (κ1) is 7.22. The Hall–Kier alpha value is -0.440. The van der Waals surface area contributed by atoms with E-state index in [0.29, 0.717) is 5.92 Å². The van der Waals surface area contributed by atoms with Crippen molar-refractivity contribution in [2.24, 2.45) is 0 Å². The summed E-state index contributed by atoms with van der Waals surface area (Å²) in [6, 6.07) is 0. The zero-order valence-electron chi connectivity index (χ0n) is 6.54. The average molecular weight is 169 g/mol. The monoisotopic (exact) mass is 169 g/mol. The minimum absolute atomic E-state index is 0.694. The van der Waals surface area contributed by atoms with Crippen LogP contribution in [0.2, 0.25) is 0 Å². The van der Waals surface area contributed by atoms with Gasteiger partial charge in [-0.1, -0.05) is 0 Å². The Bertz CT molecular complexity index is 242. The summed E-state index contributed by atoms with van der Waals surface area (Å²) in [4.78, 5) is 4.18. The third-order valence-corrected chi connectivity index (χ3v) is 2.46. The molecule has 0 spiro atoms. The average Bonchev–Trinajstić information content (AvgIpc) is 2.75. The Balaban J connectivity index is 2.16. The SMILES string of the molecule is CSCc1ncoc1C1CC1. The van der Waals surface area contributed by atoms with Crippen molar-refractivity contribution in [1.29, 1.82) is 0 Å². The molecule has 0 radical (unpaired) electrons. The van der Waals surface area contributed by atoms with Gasteiger partial charge < -0.3 is 4.42 Å². The highest BCUT2D eigenvalue weighted by atomic mass is 32.2. The van der Waals surface area contributed by atoms with E-state index in [1.54, 1.807) is 18.2 Å². The molecule has 0 amide bonds. The fourth-order valence-corrected chi connectivity index (χ4v) is 1.69. The molecule has 2 rings (SSSR count). The van der Waals surface area contributed by atoms with Gasteiger partial charge in [0.1, 0.15) is 5.76 Å². The van der Waals surface area contributed by atoms with Crippen molar-refractivity contribution < 1.29 is 4.42 Å². The Kier molecular flexibility index (Phi) is 1.90. The Labute approximate surface area is 70.4 Å². The van der Waals surface area contributed by atoms with Gasteiger partial charge in [0.05, 0.1) is 5.69 Å². The maximum Gasteiger partial charge on any atom is 0.181 e. The molecule has 0 N–H and O–H groups in total. The topological polar surface area (TPSA) is 26.0 Å². The normalized spacial score (nSPS) is 17.2. The predicted molar refractivity (Wildman–Crippen MR) is 45.7 cm³/mol. The van der Waals surface area contributed by atoms with Crippen molar-refractivity contribution in [3.05, 3.63) is 17.8 Å². The van der Waals surface area contributed by atoms with Crippen molar-refractivity contribution in [2.75, 3.05) is 6.26 Å². The number of oxazole rings is 1. The lowest BCUT2D eigenvalue weighted by atomic mass is 10.3. The van der Waals surface area contributed by atoms with Crippen LogP contribution in [0.25, 0.3) is 0 Å². The number of aromatic nitrogens is 1. The molecule has 3 heteroatoms. The Morgan fingerprint density at radius 1 is 1.73 bits per heavy atom. The second-order valence-corrected chi connectivity index (χ2v) is 3.74. The minimum Gasteiger partial charge on any atom is -0.448 e. The summed E-state index contributed by atoms with van der Waals surface area (Å²) >= 11 is 1.80. The van der Waals surface area contributed by atoms with Gasteiger partial charge in [-0.25, -0.2) is 4.98 Å². The summed E-state index contributed by atoms with van der Waals surface area (Å²) in [7, 11) is 0. The molecule has 60 valence electrons. The van der Waals surface area contributed by atoms with Gasteiger partial charge in [-0.05, 0) is 19.1 Å². The zero-order chi connectivity index (χ0) is 7.68. The van der Waals surface area contributed by atoms with Gasteiger partial charge in [0, 0.05) is 11.7 Å². The van der Waals surface area contributed by atoms with Crippen LogP contribution in [-0.2, 0) is 5.75 Å². The van der Waals surface area contributed by atoms with Gasteiger partial charge >= 0.3 is 0 Å². The molecular weight excluding hydrogens is 158 g/mol. The van der Waals surface area contributed by atoms with Crippen molar-refractivity contribution in [3.8, 4) is 0 Å². The van der Waals surface area contributed by atoms with E-state index in [2.05, 4.69) is 11.2 Å². The number of hydrogen-bond acceptors (Lipinski definition) is 3. The van der Waals surface area contributed by atoms with Crippen molar-refractivity contribution in [2.45, 2.75) is 24.5 Å². The highest BCUT2D eigenvalue weighted by Gasteiger charge is 2.29.